The summed E-state index contributed by atoms with van der Waals surface area (Å²) >= 11 is 0. The number of phenols is 1. The molecule has 0 saturated carbocycles. The smallest absolute Gasteiger partial charge is 0.115 e. The molecule has 66 valence electrons. The van der Waals surface area contributed by atoms with Gasteiger partial charge in [-0.1, -0.05) is 19.1 Å². The maximum atomic E-state index is 9.05. The minimum Gasteiger partial charge on any atom is -0.508 e. The van der Waals surface area contributed by atoms with Gasteiger partial charge in [0.1, 0.15) is 5.75 Å². The van der Waals surface area contributed by atoms with Gasteiger partial charge in [0.25, 0.3) is 0 Å². The summed E-state index contributed by atoms with van der Waals surface area (Å²) < 4.78 is 0. The maximum absolute atomic E-state index is 9.05. The lowest BCUT2D eigenvalue weighted by molar-refractivity contribution is 0.475. The Hall–Kier alpha value is -1.02. The lowest BCUT2D eigenvalue weighted by Gasteiger charge is -2.10. The van der Waals surface area contributed by atoms with Crippen molar-refractivity contribution < 1.29 is 5.11 Å². The van der Waals surface area contributed by atoms with E-state index < -0.39 is 0 Å². The first-order valence-electron chi connectivity index (χ1n) is 4.17. The molecule has 0 aromatic heterocycles. The largest absolute Gasteiger partial charge is 0.508 e. The molecule has 0 fully saturated rings. The SMILES string of the molecule is CNCC(C)c1ccc(O)cc1. The molecule has 2 nitrogen and oxygen atoms in total. The van der Waals surface area contributed by atoms with Gasteiger partial charge in [-0.05, 0) is 30.7 Å². The van der Waals surface area contributed by atoms with Crippen LogP contribution in [0.5, 0.6) is 5.75 Å². The molecule has 0 aliphatic rings. The molecule has 0 spiro atoms. The molecule has 0 aliphatic carbocycles. The highest BCUT2D eigenvalue weighted by atomic mass is 16.3. The molecular weight excluding hydrogens is 150 g/mol. The normalized spacial score (nSPS) is 12.8. The number of hydrogen-bond donors (Lipinski definition) is 2. The van der Waals surface area contributed by atoms with Crippen molar-refractivity contribution >= 4 is 0 Å². The van der Waals surface area contributed by atoms with Crippen LogP contribution < -0.4 is 5.32 Å². The highest BCUT2D eigenvalue weighted by Crippen LogP contribution is 2.17. The van der Waals surface area contributed by atoms with Gasteiger partial charge in [0.05, 0.1) is 0 Å². The second-order valence-corrected chi connectivity index (χ2v) is 3.05. The number of benzene rings is 1. The maximum Gasteiger partial charge on any atom is 0.115 e. The van der Waals surface area contributed by atoms with Gasteiger partial charge < -0.3 is 10.4 Å². The Balaban J connectivity index is 2.68. The molecule has 1 aromatic carbocycles. The predicted octanol–water partition coefficient (Wildman–Crippen LogP) is 1.72. The van der Waals surface area contributed by atoms with Crippen LogP contribution in [-0.2, 0) is 0 Å². The van der Waals surface area contributed by atoms with Crippen molar-refractivity contribution in [1.82, 2.24) is 5.32 Å². The van der Waals surface area contributed by atoms with Gasteiger partial charge in [0.2, 0.25) is 0 Å². The highest BCUT2D eigenvalue weighted by Gasteiger charge is 2.02. The second-order valence-electron chi connectivity index (χ2n) is 3.05. The fourth-order valence-corrected chi connectivity index (χ4v) is 1.23. The number of phenolic OH excluding ortho intramolecular Hbond substituents is 1. The average molecular weight is 165 g/mol. The molecule has 1 atom stereocenters. The van der Waals surface area contributed by atoms with E-state index in [1.165, 1.54) is 5.56 Å². The summed E-state index contributed by atoms with van der Waals surface area (Å²) in [5.41, 5.74) is 1.25. The van der Waals surface area contributed by atoms with Gasteiger partial charge in [0.15, 0.2) is 0 Å². The van der Waals surface area contributed by atoms with Crippen LogP contribution >= 0.6 is 0 Å². The van der Waals surface area contributed by atoms with Crippen molar-refractivity contribution in [3.05, 3.63) is 29.8 Å². The van der Waals surface area contributed by atoms with Crippen LogP contribution in [0.4, 0.5) is 0 Å². The van der Waals surface area contributed by atoms with E-state index in [4.69, 9.17) is 5.11 Å². The molecule has 12 heavy (non-hydrogen) atoms. The first-order chi connectivity index (χ1) is 5.74. The van der Waals surface area contributed by atoms with Crippen molar-refractivity contribution in [3.8, 4) is 5.75 Å². The van der Waals surface area contributed by atoms with E-state index in [9.17, 15) is 0 Å². The molecule has 1 rings (SSSR count). The summed E-state index contributed by atoms with van der Waals surface area (Å²) in [5, 5.41) is 12.2. The van der Waals surface area contributed by atoms with E-state index in [1.54, 1.807) is 12.1 Å². The molecular formula is C10H15NO. The van der Waals surface area contributed by atoms with Crippen molar-refractivity contribution in [2.24, 2.45) is 0 Å². The second kappa shape index (κ2) is 4.12. The fraction of sp³-hybridized carbons (Fsp3) is 0.400. The first kappa shape index (κ1) is 9.07. The van der Waals surface area contributed by atoms with E-state index in [2.05, 4.69) is 12.2 Å². The first-order valence-corrected chi connectivity index (χ1v) is 4.17. The Bertz CT molecular complexity index is 230. The van der Waals surface area contributed by atoms with Gasteiger partial charge in [-0.15, -0.1) is 0 Å². The Morgan fingerprint density at radius 1 is 1.33 bits per heavy atom. The van der Waals surface area contributed by atoms with Crippen LogP contribution in [0.15, 0.2) is 24.3 Å². The third kappa shape index (κ3) is 2.24. The molecule has 0 bridgehead atoms. The van der Waals surface area contributed by atoms with Gasteiger partial charge in [-0.25, -0.2) is 0 Å². The van der Waals surface area contributed by atoms with Crippen molar-refractivity contribution in [2.45, 2.75) is 12.8 Å². The fourth-order valence-electron chi connectivity index (χ4n) is 1.23. The van der Waals surface area contributed by atoms with E-state index in [0.29, 0.717) is 11.7 Å². The van der Waals surface area contributed by atoms with Crippen LogP contribution in [-0.4, -0.2) is 18.7 Å². The number of nitrogens with one attached hydrogen (secondary N) is 1. The summed E-state index contributed by atoms with van der Waals surface area (Å²) in [7, 11) is 1.94. The summed E-state index contributed by atoms with van der Waals surface area (Å²) in [6, 6.07) is 7.36. The van der Waals surface area contributed by atoms with Crippen LogP contribution in [0.2, 0.25) is 0 Å². The third-order valence-electron chi connectivity index (χ3n) is 1.97. The van der Waals surface area contributed by atoms with Gasteiger partial charge in [0, 0.05) is 6.54 Å². The third-order valence-corrected chi connectivity index (χ3v) is 1.97. The predicted molar refractivity (Wildman–Crippen MR) is 50.4 cm³/mol. The lowest BCUT2D eigenvalue weighted by Crippen LogP contribution is -2.14. The van der Waals surface area contributed by atoms with Crippen LogP contribution in [0.3, 0.4) is 0 Å². The lowest BCUT2D eigenvalue weighted by atomic mass is 10.0. The number of likely N-dealkylation sites (N-methyl/N-ethyl adjacent to an activating group) is 1. The Kier molecular flexibility index (Phi) is 3.11. The molecule has 0 heterocycles. The Morgan fingerprint density at radius 2 is 1.92 bits per heavy atom. The number of rotatable bonds is 3. The number of hydrogen-bond acceptors (Lipinski definition) is 2. The van der Waals surface area contributed by atoms with E-state index in [1.807, 2.05) is 19.2 Å². The van der Waals surface area contributed by atoms with Crippen LogP contribution in [0, 0.1) is 0 Å². The summed E-state index contributed by atoms with van der Waals surface area (Å²) in [4.78, 5) is 0. The van der Waals surface area contributed by atoms with Crippen molar-refractivity contribution in [3.63, 3.8) is 0 Å². The standard InChI is InChI=1S/C10H15NO/c1-8(7-11-2)9-3-5-10(12)6-4-9/h3-6,8,11-12H,7H2,1-2H3. The highest BCUT2D eigenvalue weighted by molar-refractivity contribution is 5.28. The summed E-state index contributed by atoms with van der Waals surface area (Å²) in [5.74, 6) is 0.825. The molecule has 2 heteroatoms. The molecule has 0 saturated heterocycles. The zero-order valence-corrected chi connectivity index (χ0v) is 7.54. The quantitative estimate of drug-likeness (QED) is 0.714. The summed E-state index contributed by atoms with van der Waals surface area (Å²) in [6.45, 7) is 3.12. The van der Waals surface area contributed by atoms with Gasteiger partial charge in [-0.2, -0.15) is 0 Å². The van der Waals surface area contributed by atoms with Crippen LogP contribution in [0.25, 0.3) is 0 Å². The van der Waals surface area contributed by atoms with E-state index in [-0.39, 0.29) is 0 Å². The molecule has 1 aromatic rings. The van der Waals surface area contributed by atoms with E-state index in [0.717, 1.165) is 6.54 Å². The molecule has 0 amide bonds. The van der Waals surface area contributed by atoms with Gasteiger partial charge >= 0.3 is 0 Å². The van der Waals surface area contributed by atoms with Crippen molar-refractivity contribution in [2.75, 3.05) is 13.6 Å². The zero-order chi connectivity index (χ0) is 8.97. The Labute approximate surface area is 73.2 Å². The Morgan fingerprint density at radius 3 is 2.42 bits per heavy atom. The monoisotopic (exact) mass is 165 g/mol. The topological polar surface area (TPSA) is 32.3 Å². The molecule has 1 unspecified atom stereocenters. The summed E-state index contributed by atoms with van der Waals surface area (Å²) in [6.07, 6.45) is 0. The minimum atomic E-state index is 0.329. The van der Waals surface area contributed by atoms with Gasteiger partial charge in [-0.3, -0.25) is 0 Å². The van der Waals surface area contributed by atoms with Crippen molar-refractivity contribution in [1.29, 1.82) is 0 Å². The zero-order valence-electron chi connectivity index (χ0n) is 7.54. The van der Waals surface area contributed by atoms with E-state index >= 15 is 0 Å². The molecule has 2 N–H and O–H groups in total. The van der Waals surface area contributed by atoms with Crippen LogP contribution in [0.1, 0.15) is 18.4 Å². The average Bonchev–Trinajstić information content (AvgIpc) is 2.06. The molecule has 0 aliphatic heterocycles. The molecule has 0 radical (unpaired) electrons. The minimum absolute atomic E-state index is 0.329. The number of aromatic hydroxyl groups is 1.